The van der Waals surface area contributed by atoms with E-state index in [1.54, 1.807) is 12.1 Å². The standard InChI is InChI=1S/C19H18Cl2O4/c20-16-8-1-12(9-17(16)21)11-24-14-4-2-13(3-5-14)18(10-19(22)23)25-15-6-7-15/h1-5,8-9,15,18H,6-7,10-11H2,(H,22,23)/t18-/m1/s1. The van der Waals surface area contributed by atoms with E-state index in [1.807, 2.05) is 30.3 Å². The largest absolute Gasteiger partial charge is 0.489 e. The summed E-state index contributed by atoms with van der Waals surface area (Å²) in [5.41, 5.74) is 1.76. The molecule has 0 amide bonds. The van der Waals surface area contributed by atoms with Crippen molar-refractivity contribution in [1.29, 1.82) is 0 Å². The predicted octanol–water partition coefficient (Wildman–Crippen LogP) is 5.27. The monoisotopic (exact) mass is 380 g/mol. The molecule has 0 unspecified atom stereocenters. The van der Waals surface area contributed by atoms with Crippen LogP contribution in [0.1, 0.15) is 36.5 Å². The minimum Gasteiger partial charge on any atom is -0.489 e. The number of carboxylic acids is 1. The fraction of sp³-hybridized carbons (Fsp3) is 0.316. The Balaban J connectivity index is 1.61. The van der Waals surface area contributed by atoms with E-state index in [2.05, 4.69) is 0 Å². The number of benzene rings is 2. The van der Waals surface area contributed by atoms with Gasteiger partial charge in [0.15, 0.2) is 0 Å². The van der Waals surface area contributed by atoms with Crippen LogP contribution in [0.3, 0.4) is 0 Å². The Morgan fingerprint density at radius 1 is 1.12 bits per heavy atom. The molecule has 0 aliphatic heterocycles. The summed E-state index contributed by atoms with van der Waals surface area (Å²) in [6, 6.07) is 12.7. The van der Waals surface area contributed by atoms with Gasteiger partial charge < -0.3 is 14.6 Å². The maximum Gasteiger partial charge on any atom is 0.306 e. The third-order valence-electron chi connectivity index (χ3n) is 3.88. The van der Waals surface area contributed by atoms with E-state index >= 15 is 0 Å². The Labute approximate surface area is 156 Å². The summed E-state index contributed by atoms with van der Waals surface area (Å²) in [4.78, 5) is 11.0. The van der Waals surface area contributed by atoms with Crippen LogP contribution in [0.25, 0.3) is 0 Å². The van der Waals surface area contributed by atoms with Crippen molar-refractivity contribution < 1.29 is 19.4 Å². The van der Waals surface area contributed by atoms with Crippen molar-refractivity contribution in [3.63, 3.8) is 0 Å². The zero-order valence-electron chi connectivity index (χ0n) is 13.5. The van der Waals surface area contributed by atoms with Crippen LogP contribution in [0.2, 0.25) is 10.0 Å². The van der Waals surface area contributed by atoms with E-state index in [1.165, 1.54) is 0 Å². The van der Waals surface area contributed by atoms with Crippen molar-refractivity contribution in [3.8, 4) is 5.75 Å². The molecular formula is C19H18Cl2O4. The normalized spacial score (nSPS) is 15.0. The summed E-state index contributed by atoms with van der Waals surface area (Å²) in [5, 5.41) is 10.1. The molecule has 1 fully saturated rings. The minimum atomic E-state index is -0.870. The second-order valence-electron chi connectivity index (χ2n) is 6.03. The molecule has 25 heavy (non-hydrogen) atoms. The SMILES string of the molecule is O=C(O)C[C@@H](OC1CC1)c1ccc(OCc2ccc(Cl)c(Cl)c2)cc1. The molecule has 0 bridgehead atoms. The number of hydrogen-bond acceptors (Lipinski definition) is 3. The maximum atomic E-state index is 11.0. The third kappa shape index (κ3) is 5.36. The second-order valence-corrected chi connectivity index (χ2v) is 6.84. The van der Waals surface area contributed by atoms with Gasteiger partial charge >= 0.3 is 5.97 Å². The topological polar surface area (TPSA) is 55.8 Å². The predicted molar refractivity (Wildman–Crippen MR) is 96.3 cm³/mol. The van der Waals surface area contributed by atoms with Crippen molar-refractivity contribution in [2.45, 2.75) is 38.1 Å². The van der Waals surface area contributed by atoms with Crippen molar-refractivity contribution in [1.82, 2.24) is 0 Å². The van der Waals surface area contributed by atoms with E-state index in [0.717, 1.165) is 24.0 Å². The zero-order chi connectivity index (χ0) is 17.8. The summed E-state index contributed by atoms with van der Waals surface area (Å²) < 4.78 is 11.5. The van der Waals surface area contributed by atoms with Gasteiger partial charge in [0.1, 0.15) is 12.4 Å². The highest BCUT2D eigenvalue weighted by Crippen LogP contribution is 2.33. The lowest BCUT2D eigenvalue weighted by Gasteiger charge is -2.17. The van der Waals surface area contributed by atoms with E-state index in [0.29, 0.717) is 22.4 Å². The molecule has 4 nitrogen and oxygen atoms in total. The molecule has 1 saturated carbocycles. The lowest BCUT2D eigenvalue weighted by Crippen LogP contribution is -2.11. The van der Waals surface area contributed by atoms with Crippen LogP contribution in [0.5, 0.6) is 5.75 Å². The molecule has 2 aromatic rings. The van der Waals surface area contributed by atoms with Gasteiger partial charge in [-0.2, -0.15) is 0 Å². The van der Waals surface area contributed by atoms with Crippen LogP contribution in [-0.2, 0) is 16.1 Å². The van der Waals surface area contributed by atoms with Crippen LogP contribution in [0.4, 0.5) is 0 Å². The van der Waals surface area contributed by atoms with Gasteiger partial charge in [-0.25, -0.2) is 0 Å². The molecule has 132 valence electrons. The van der Waals surface area contributed by atoms with Crippen molar-refractivity contribution >= 4 is 29.2 Å². The van der Waals surface area contributed by atoms with Crippen LogP contribution in [0, 0.1) is 0 Å². The molecule has 3 rings (SSSR count). The summed E-state index contributed by atoms with van der Waals surface area (Å²) in [6.07, 6.45) is 1.73. The first-order valence-corrected chi connectivity index (χ1v) is 8.81. The molecule has 0 heterocycles. The first-order valence-electron chi connectivity index (χ1n) is 8.05. The summed E-state index contributed by atoms with van der Waals surface area (Å²) >= 11 is 11.9. The highest BCUT2D eigenvalue weighted by molar-refractivity contribution is 6.42. The molecule has 6 heteroatoms. The Hall–Kier alpha value is -1.75. The van der Waals surface area contributed by atoms with E-state index in [4.69, 9.17) is 37.8 Å². The lowest BCUT2D eigenvalue weighted by atomic mass is 10.1. The van der Waals surface area contributed by atoms with Crippen LogP contribution >= 0.6 is 23.2 Å². The van der Waals surface area contributed by atoms with Gasteiger partial charge in [0.2, 0.25) is 0 Å². The Kier molecular flexibility index (Phi) is 5.84. The number of hydrogen-bond donors (Lipinski definition) is 1. The molecule has 1 aliphatic carbocycles. The van der Waals surface area contributed by atoms with Gasteiger partial charge in [-0.05, 0) is 48.2 Å². The smallest absolute Gasteiger partial charge is 0.306 e. The Morgan fingerprint density at radius 3 is 2.44 bits per heavy atom. The molecule has 0 aromatic heterocycles. The summed E-state index contributed by atoms with van der Waals surface area (Å²) in [6.45, 7) is 0.368. The Morgan fingerprint density at radius 2 is 1.84 bits per heavy atom. The van der Waals surface area contributed by atoms with Crippen molar-refractivity contribution in [3.05, 3.63) is 63.6 Å². The minimum absolute atomic E-state index is 0.0417. The molecule has 0 saturated heterocycles. The van der Waals surface area contributed by atoms with Gasteiger partial charge in [0.25, 0.3) is 0 Å². The third-order valence-corrected chi connectivity index (χ3v) is 4.62. The first-order chi connectivity index (χ1) is 12.0. The van der Waals surface area contributed by atoms with Gasteiger partial charge in [-0.3, -0.25) is 4.79 Å². The van der Waals surface area contributed by atoms with Gasteiger partial charge in [0.05, 0.1) is 28.7 Å². The van der Waals surface area contributed by atoms with Crippen molar-refractivity contribution in [2.24, 2.45) is 0 Å². The van der Waals surface area contributed by atoms with E-state index in [-0.39, 0.29) is 12.5 Å². The van der Waals surface area contributed by atoms with E-state index < -0.39 is 12.1 Å². The fourth-order valence-electron chi connectivity index (χ4n) is 2.41. The molecule has 0 radical (unpaired) electrons. The van der Waals surface area contributed by atoms with Crippen molar-refractivity contribution in [2.75, 3.05) is 0 Å². The molecule has 2 aromatic carbocycles. The van der Waals surface area contributed by atoms with Crippen LogP contribution in [0.15, 0.2) is 42.5 Å². The number of ether oxygens (including phenoxy) is 2. The second kappa shape index (κ2) is 8.09. The fourth-order valence-corrected chi connectivity index (χ4v) is 2.74. The average Bonchev–Trinajstić information content (AvgIpc) is 3.39. The van der Waals surface area contributed by atoms with Gasteiger partial charge in [0, 0.05) is 0 Å². The maximum absolute atomic E-state index is 11.0. The van der Waals surface area contributed by atoms with Gasteiger partial charge in [-0.15, -0.1) is 0 Å². The lowest BCUT2D eigenvalue weighted by molar-refractivity contribution is -0.140. The molecule has 0 spiro atoms. The number of carbonyl (C=O) groups is 1. The first kappa shape index (κ1) is 18.1. The highest BCUT2D eigenvalue weighted by atomic mass is 35.5. The van der Waals surface area contributed by atoms with Crippen LogP contribution in [-0.4, -0.2) is 17.2 Å². The number of halogens is 2. The van der Waals surface area contributed by atoms with Crippen LogP contribution < -0.4 is 4.74 Å². The van der Waals surface area contributed by atoms with Gasteiger partial charge in [-0.1, -0.05) is 41.4 Å². The molecule has 1 N–H and O–H groups in total. The Bertz CT molecular complexity index is 742. The van der Waals surface area contributed by atoms with E-state index in [9.17, 15) is 4.79 Å². The average molecular weight is 381 g/mol. The quantitative estimate of drug-likeness (QED) is 0.677. The zero-order valence-corrected chi connectivity index (χ0v) is 15.0. The number of aliphatic carboxylic acids is 1. The summed E-state index contributed by atoms with van der Waals surface area (Å²) in [5.74, 6) is -0.180. The molecule has 1 aliphatic rings. The number of rotatable bonds is 8. The molecular weight excluding hydrogens is 363 g/mol. The molecule has 1 atom stereocenters. The number of carboxylic acid groups (broad SMARTS) is 1. The summed E-state index contributed by atoms with van der Waals surface area (Å²) in [7, 11) is 0. The highest BCUT2D eigenvalue weighted by Gasteiger charge is 2.28.